The summed E-state index contributed by atoms with van der Waals surface area (Å²) in [5.74, 6) is -4.37. The van der Waals surface area contributed by atoms with Crippen LogP contribution in [0.3, 0.4) is 0 Å². The number of amides is 4. The number of carbonyl (C=O) groups excluding carboxylic acids is 4. The highest BCUT2D eigenvalue weighted by Crippen LogP contribution is 2.19. The van der Waals surface area contributed by atoms with Crippen molar-refractivity contribution in [3.63, 3.8) is 0 Å². The van der Waals surface area contributed by atoms with Crippen LogP contribution in [-0.4, -0.2) is 82.0 Å². The zero-order valence-corrected chi connectivity index (χ0v) is 14.9. The summed E-state index contributed by atoms with van der Waals surface area (Å²) in [6.45, 7) is 0.986. The van der Waals surface area contributed by atoms with Gasteiger partial charge in [0.2, 0.25) is 23.6 Å². The summed E-state index contributed by atoms with van der Waals surface area (Å²) < 4.78 is 0. The molecule has 4 amide bonds. The quantitative estimate of drug-likeness (QED) is 0.231. The molecule has 0 aromatic rings. The first kappa shape index (κ1) is 22.3. The van der Waals surface area contributed by atoms with Gasteiger partial charge < -0.3 is 37.2 Å². The molecule has 1 rings (SSSR count). The number of nitrogens with one attached hydrogen (secondary N) is 2. The Morgan fingerprint density at radius 3 is 2.33 bits per heavy atom. The van der Waals surface area contributed by atoms with Crippen molar-refractivity contribution < 1.29 is 34.2 Å². The molecule has 0 spiro atoms. The standard InChI is InChI=1S/C15H25N5O7/c1-7(21)12(15(26)27)19-13(24)9-3-2-4-20(9)14(25)8(5-10(17)22)18-11(23)6-16/h7-9,12,21H,2-6,16H2,1H3,(H2,17,22)(H,18,23)(H,19,24)(H,26,27). The second kappa shape index (κ2) is 9.83. The average Bonchev–Trinajstić information content (AvgIpc) is 3.06. The van der Waals surface area contributed by atoms with Crippen molar-refractivity contribution in [3.8, 4) is 0 Å². The van der Waals surface area contributed by atoms with E-state index in [2.05, 4.69) is 10.6 Å². The molecular weight excluding hydrogens is 362 g/mol. The van der Waals surface area contributed by atoms with E-state index in [9.17, 15) is 29.1 Å². The molecule has 0 aliphatic carbocycles. The predicted molar refractivity (Wildman–Crippen MR) is 90.8 cm³/mol. The van der Waals surface area contributed by atoms with E-state index in [-0.39, 0.29) is 13.0 Å². The van der Waals surface area contributed by atoms with E-state index in [1.165, 1.54) is 6.92 Å². The van der Waals surface area contributed by atoms with Crippen molar-refractivity contribution in [1.29, 1.82) is 0 Å². The van der Waals surface area contributed by atoms with E-state index in [1.54, 1.807) is 0 Å². The molecule has 0 aromatic carbocycles. The van der Waals surface area contributed by atoms with E-state index in [0.717, 1.165) is 4.90 Å². The Morgan fingerprint density at radius 1 is 1.22 bits per heavy atom. The summed E-state index contributed by atoms with van der Waals surface area (Å²) in [5, 5.41) is 23.0. The molecule has 0 bridgehead atoms. The zero-order valence-electron chi connectivity index (χ0n) is 14.9. The number of hydrogen-bond donors (Lipinski definition) is 6. The van der Waals surface area contributed by atoms with Crippen molar-refractivity contribution in [2.75, 3.05) is 13.1 Å². The molecule has 1 aliphatic rings. The van der Waals surface area contributed by atoms with Crippen molar-refractivity contribution >= 4 is 29.6 Å². The van der Waals surface area contributed by atoms with Crippen molar-refractivity contribution in [3.05, 3.63) is 0 Å². The van der Waals surface area contributed by atoms with Gasteiger partial charge in [0.15, 0.2) is 6.04 Å². The number of rotatable bonds is 9. The number of carboxylic acid groups (broad SMARTS) is 1. The van der Waals surface area contributed by atoms with Gasteiger partial charge in [-0.3, -0.25) is 19.2 Å². The van der Waals surface area contributed by atoms with Gasteiger partial charge in [0, 0.05) is 6.54 Å². The van der Waals surface area contributed by atoms with E-state index in [4.69, 9.17) is 16.6 Å². The van der Waals surface area contributed by atoms with Crippen LogP contribution in [0.1, 0.15) is 26.2 Å². The number of carboxylic acids is 1. The molecule has 4 unspecified atom stereocenters. The van der Waals surface area contributed by atoms with Gasteiger partial charge in [-0.15, -0.1) is 0 Å². The third kappa shape index (κ3) is 6.18. The van der Waals surface area contributed by atoms with Gasteiger partial charge in [0.1, 0.15) is 12.1 Å². The minimum atomic E-state index is -1.53. The lowest BCUT2D eigenvalue weighted by atomic mass is 10.1. The molecule has 12 nitrogen and oxygen atoms in total. The van der Waals surface area contributed by atoms with E-state index in [1.807, 2.05) is 0 Å². The Bertz CT molecular complexity index is 609. The fraction of sp³-hybridized carbons (Fsp3) is 0.667. The molecule has 0 radical (unpaired) electrons. The van der Waals surface area contributed by atoms with E-state index < -0.39 is 66.8 Å². The number of primary amides is 1. The first-order valence-corrected chi connectivity index (χ1v) is 8.38. The first-order chi connectivity index (χ1) is 12.6. The third-order valence-corrected chi connectivity index (χ3v) is 4.11. The number of aliphatic hydroxyl groups is 1. The third-order valence-electron chi connectivity index (χ3n) is 4.11. The fourth-order valence-electron chi connectivity index (χ4n) is 2.80. The summed E-state index contributed by atoms with van der Waals surface area (Å²) in [7, 11) is 0. The minimum Gasteiger partial charge on any atom is -0.480 e. The first-order valence-electron chi connectivity index (χ1n) is 8.38. The van der Waals surface area contributed by atoms with Gasteiger partial charge in [-0.2, -0.15) is 0 Å². The van der Waals surface area contributed by atoms with E-state index >= 15 is 0 Å². The van der Waals surface area contributed by atoms with Crippen LogP contribution < -0.4 is 22.1 Å². The summed E-state index contributed by atoms with van der Waals surface area (Å²) in [4.78, 5) is 60.1. The van der Waals surface area contributed by atoms with Crippen LogP contribution in [0.25, 0.3) is 0 Å². The Balaban J connectivity index is 2.93. The van der Waals surface area contributed by atoms with Gasteiger partial charge in [-0.1, -0.05) is 0 Å². The summed E-state index contributed by atoms with van der Waals surface area (Å²) >= 11 is 0. The Labute approximate surface area is 155 Å². The number of aliphatic hydroxyl groups excluding tert-OH is 1. The van der Waals surface area contributed by atoms with E-state index in [0.29, 0.717) is 6.42 Å². The number of likely N-dealkylation sites (tertiary alicyclic amines) is 1. The number of aliphatic carboxylic acids is 1. The van der Waals surface area contributed by atoms with Crippen LogP contribution in [0.5, 0.6) is 0 Å². The summed E-state index contributed by atoms with van der Waals surface area (Å²) in [6.07, 6.45) is -1.09. The maximum absolute atomic E-state index is 12.7. The SMILES string of the molecule is CC(O)C(NC(=O)C1CCCN1C(=O)C(CC(N)=O)NC(=O)CN)C(=O)O. The average molecular weight is 387 g/mol. The van der Waals surface area contributed by atoms with Gasteiger partial charge in [0.05, 0.1) is 19.1 Å². The van der Waals surface area contributed by atoms with Crippen LogP contribution in [0.15, 0.2) is 0 Å². The van der Waals surface area contributed by atoms with Crippen molar-refractivity contribution in [2.45, 2.75) is 50.4 Å². The number of carbonyl (C=O) groups is 5. The molecule has 1 saturated heterocycles. The van der Waals surface area contributed by atoms with Gasteiger partial charge >= 0.3 is 5.97 Å². The minimum absolute atomic E-state index is 0.178. The topological polar surface area (TPSA) is 205 Å². The molecule has 152 valence electrons. The van der Waals surface area contributed by atoms with Crippen molar-refractivity contribution in [2.24, 2.45) is 11.5 Å². The highest BCUT2D eigenvalue weighted by atomic mass is 16.4. The molecular formula is C15H25N5O7. The zero-order chi connectivity index (χ0) is 20.7. The second-order valence-electron chi connectivity index (χ2n) is 6.25. The lowest BCUT2D eigenvalue weighted by Crippen LogP contribution is -2.57. The summed E-state index contributed by atoms with van der Waals surface area (Å²) in [5.41, 5.74) is 10.3. The van der Waals surface area contributed by atoms with Gasteiger partial charge in [0.25, 0.3) is 0 Å². The second-order valence-corrected chi connectivity index (χ2v) is 6.25. The summed E-state index contributed by atoms with van der Waals surface area (Å²) in [6, 6.07) is -3.81. The fourth-order valence-corrected chi connectivity index (χ4v) is 2.80. The molecule has 4 atom stereocenters. The maximum Gasteiger partial charge on any atom is 0.328 e. The molecule has 1 heterocycles. The highest BCUT2D eigenvalue weighted by molar-refractivity contribution is 5.96. The molecule has 1 fully saturated rings. The van der Waals surface area contributed by atoms with Crippen molar-refractivity contribution in [1.82, 2.24) is 15.5 Å². The van der Waals surface area contributed by atoms with Crippen LogP contribution >= 0.6 is 0 Å². The lowest BCUT2D eigenvalue weighted by Gasteiger charge is -2.29. The van der Waals surface area contributed by atoms with Crippen LogP contribution in [0.2, 0.25) is 0 Å². The molecule has 12 heteroatoms. The van der Waals surface area contributed by atoms with Gasteiger partial charge in [-0.25, -0.2) is 4.79 Å². The largest absolute Gasteiger partial charge is 0.480 e. The Hall–Kier alpha value is -2.73. The van der Waals surface area contributed by atoms with Crippen LogP contribution in [0.4, 0.5) is 0 Å². The maximum atomic E-state index is 12.7. The molecule has 27 heavy (non-hydrogen) atoms. The Kier molecular flexibility index (Phi) is 8.12. The van der Waals surface area contributed by atoms with Gasteiger partial charge in [-0.05, 0) is 19.8 Å². The monoisotopic (exact) mass is 387 g/mol. The normalized spacial score (nSPS) is 19.7. The molecule has 1 aliphatic heterocycles. The number of hydrogen-bond acceptors (Lipinski definition) is 7. The predicted octanol–water partition coefficient (Wildman–Crippen LogP) is -3.75. The number of nitrogens with two attached hydrogens (primary N) is 2. The molecule has 8 N–H and O–H groups in total. The van der Waals surface area contributed by atoms with Crippen LogP contribution in [-0.2, 0) is 24.0 Å². The Morgan fingerprint density at radius 2 is 1.85 bits per heavy atom. The lowest BCUT2D eigenvalue weighted by molar-refractivity contribution is -0.147. The molecule has 0 aromatic heterocycles. The highest BCUT2D eigenvalue weighted by Gasteiger charge is 2.39. The smallest absolute Gasteiger partial charge is 0.328 e. The molecule has 0 saturated carbocycles. The number of nitrogens with zero attached hydrogens (tertiary/aromatic N) is 1. The van der Waals surface area contributed by atoms with Crippen LogP contribution in [0, 0.1) is 0 Å².